The molecule has 0 aliphatic carbocycles. The Hall–Kier alpha value is -2.24. The summed E-state index contributed by atoms with van der Waals surface area (Å²) in [4.78, 5) is 25.8. The second kappa shape index (κ2) is 5.81. The molecule has 0 atom stereocenters. The molecule has 1 heterocycles. The first-order chi connectivity index (χ1) is 9.49. The van der Waals surface area contributed by atoms with Crippen LogP contribution in [0.2, 0.25) is 0 Å². The third-order valence-corrected chi connectivity index (χ3v) is 2.98. The Kier molecular flexibility index (Phi) is 4.12. The van der Waals surface area contributed by atoms with Gasteiger partial charge < -0.3 is 4.90 Å². The molecule has 1 aromatic heterocycles. The fourth-order valence-electron chi connectivity index (χ4n) is 2.03. The van der Waals surface area contributed by atoms with Crippen molar-refractivity contribution in [3.05, 3.63) is 34.6 Å². The molecule has 0 saturated heterocycles. The van der Waals surface area contributed by atoms with Crippen LogP contribution in [0.5, 0.6) is 0 Å². The minimum atomic E-state index is -0.290. The monoisotopic (exact) mass is 274 g/mol. The van der Waals surface area contributed by atoms with Gasteiger partial charge in [-0.15, -0.1) is 5.10 Å². The van der Waals surface area contributed by atoms with E-state index in [-0.39, 0.29) is 18.0 Å². The zero-order valence-corrected chi connectivity index (χ0v) is 11.9. The van der Waals surface area contributed by atoms with Crippen LogP contribution in [-0.2, 0) is 11.3 Å². The molecule has 6 nitrogen and oxygen atoms in total. The lowest BCUT2D eigenvalue weighted by molar-refractivity contribution is -0.131. The first-order valence-electron chi connectivity index (χ1n) is 6.55. The molecule has 0 unspecified atom stereocenters. The Morgan fingerprint density at radius 1 is 1.35 bits per heavy atom. The summed E-state index contributed by atoms with van der Waals surface area (Å²) >= 11 is 0. The normalized spacial score (nSPS) is 11.0. The lowest BCUT2D eigenvalue weighted by Crippen LogP contribution is -2.37. The van der Waals surface area contributed by atoms with Crippen molar-refractivity contribution in [3.63, 3.8) is 0 Å². The number of hydrogen-bond donors (Lipinski definition) is 0. The Morgan fingerprint density at radius 2 is 2.05 bits per heavy atom. The quantitative estimate of drug-likeness (QED) is 0.831. The number of aromatic nitrogens is 3. The summed E-state index contributed by atoms with van der Waals surface area (Å²) in [5.74, 6) is 0.230. The van der Waals surface area contributed by atoms with Crippen LogP contribution >= 0.6 is 0 Å². The predicted molar refractivity (Wildman–Crippen MR) is 76.3 cm³/mol. The van der Waals surface area contributed by atoms with Crippen LogP contribution in [-0.4, -0.2) is 39.4 Å². The molecule has 0 aliphatic rings. The van der Waals surface area contributed by atoms with Crippen LogP contribution in [0.4, 0.5) is 0 Å². The molecule has 0 saturated carbocycles. The SMILES string of the molecule is CC(C)CN(C)C(=O)Cn1nnc2ccccc2c1=O. The molecule has 2 rings (SSSR count). The average molecular weight is 274 g/mol. The third-order valence-electron chi connectivity index (χ3n) is 2.98. The highest BCUT2D eigenvalue weighted by molar-refractivity contribution is 5.78. The number of fused-ring (bicyclic) bond motifs is 1. The van der Waals surface area contributed by atoms with Gasteiger partial charge in [-0.05, 0) is 18.1 Å². The highest BCUT2D eigenvalue weighted by Crippen LogP contribution is 2.03. The number of hydrogen-bond acceptors (Lipinski definition) is 4. The lowest BCUT2D eigenvalue weighted by Gasteiger charge is -2.19. The van der Waals surface area contributed by atoms with Crippen molar-refractivity contribution in [3.8, 4) is 0 Å². The van der Waals surface area contributed by atoms with E-state index in [2.05, 4.69) is 10.3 Å². The first kappa shape index (κ1) is 14.2. The van der Waals surface area contributed by atoms with E-state index in [0.29, 0.717) is 23.4 Å². The molecule has 0 aliphatic heterocycles. The number of nitrogens with zero attached hydrogens (tertiary/aromatic N) is 4. The highest BCUT2D eigenvalue weighted by atomic mass is 16.2. The average Bonchev–Trinajstić information content (AvgIpc) is 2.41. The molecule has 1 aromatic carbocycles. The van der Waals surface area contributed by atoms with Gasteiger partial charge in [0.25, 0.3) is 5.56 Å². The molecular weight excluding hydrogens is 256 g/mol. The van der Waals surface area contributed by atoms with Crippen LogP contribution in [0.1, 0.15) is 13.8 Å². The summed E-state index contributed by atoms with van der Waals surface area (Å²) in [5, 5.41) is 8.25. The van der Waals surface area contributed by atoms with E-state index in [1.54, 1.807) is 36.2 Å². The summed E-state index contributed by atoms with van der Waals surface area (Å²) < 4.78 is 1.11. The summed E-state index contributed by atoms with van der Waals surface area (Å²) in [5.41, 5.74) is 0.249. The fourth-order valence-corrected chi connectivity index (χ4v) is 2.03. The number of carbonyl (C=O) groups is 1. The molecule has 0 radical (unpaired) electrons. The zero-order chi connectivity index (χ0) is 14.7. The second-order valence-corrected chi connectivity index (χ2v) is 5.24. The molecule has 0 N–H and O–H groups in total. The van der Waals surface area contributed by atoms with Gasteiger partial charge >= 0.3 is 0 Å². The van der Waals surface area contributed by atoms with Crippen molar-refractivity contribution in [1.29, 1.82) is 0 Å². The zero-order valence-electron chi connectivity index (χ0n) is 11.9. The summed E-state index contributed by atoms with van der Waals surface area (Å²) in [6, 6.07) is 6.97. The van der Waals surface area contributed by atoms with Crippen LogP contribution < -0.4 is 5.56 Å². The van der Waals surface area contributed by atoms with Gasteiger partial charge in [-0.2, -0.15) is 0 Å². The van der Waals surface area contributed by atoms with E-state index < -0.39 is 0 Å². The van der Waals surface area contributed by atoms with Gasteiger partial charge in [-0.25, -0.2) is 4.68 Å². The maximum atomic E-state index is 12.2. The fraction of sp³-hybridized carbons (Fsp3) is 0.429. The minimum absolute atomic E-state index is 0.0834. The topological polar surface area (TPSA) is 68.1 Å². The first-order valence-corrected chi connectivity index (χ1v) is 6.55. The third kappa shape index (κ3) is 3.01. The molecule has 0 spiro atoms. The summed E-state index contributed by atoms with van der Waals surface area (Å²) in [7, 11) is 1.72. The van der Waals surface area contributed by atoms with Crippen molar-refractivity contribution in [2.45, 2.75) is 20.4 Å². The Labute approximate surface area is 117 Å². The van der Waals surface area contributed by atoms with E-state index in [1.807, 2.05) is 13.8 Å². The van der Waals surface area contributed by atoms with Crippen molar-refractivity contribution < 1.29 is 4.79 Å². The molecule has 20 heavy (non-hydrogen) atoms. The minimum Gasteiger partial charge on any atom is -0.344 e. The Bertz CT molecular complexity index is 678. The largest absolute Gasteiger partial charge is 0.344 e. The number of amides is 1. The summed E-state index contributed by atoms with van der Waals surface area (Å²) in [6.07, 6.45) is 0. The van der Waals surface area contributed by atoms with Crippen molar-refractivity contribution in [2.75, 3.05) is 13.6 Å². The van der Waals surface area contributed by atoms with Crippen molar-refractivity contribution in [1.82, 2.24) is 19.9 Å². The van der Waals surface area contributed by atoms with E-state index in [1.165, 1.54) is 0 Å². The molecule has 2 aromatic rings. The molecule has 106 valence electrons. The Balaban J connectivity index is 2.24. The maximum absolute atomic E-state index is 12.2. The van der Waals surface area contributed by atoms with Gasteiger partial charge in [0.05, 0.1) is 5.39 Å². The summed E-state index contributed by atoms with van der Waals surface area (Å²) in [6.45, 7) is 4.63. The van der Waals surface area contributed by atoms with Gasteiger partial charge in [0.1, 0.15) is 12.1 Å². The maximum Gasteiger partial charge on any atom is 0.278 e. The molecular formula is C14H18N4O2. The molecule has 0 bridgehead atoms. The molecule has 1 amide bonds. The lowest BCUT2D eigenvalue weighted by atomic mass is 10.2. The predicted octanol–water partition coefficient (Wildman–Crippen LogP) is 0.906. The second-order valence-electron chi connectivity index (χ2n) is 5.24. The van der Waals surface area contributed by atoms with Gasteiger partial charge in [-0.1, -0.05) is 31.2 Å². The van der Waals surface area contributed by atoms with E-state index in [9.17, 15) is 9.59 Å². The van der Waals surface area contributed by atoms with Crippen LogP contribution in [0.3, 0.4) is 0 Å². The van der Waals surface area contributed by atoms with E-state index in [0.717, 1.165) is 4.68 Å². The molecule has 0 fully saturated rings. The number of benzene rings is 1. The number of carbonyl (C=O) groups excluding carboxylic acids is 1. The highest BCUT2D eigenvalue weighted by Gasteiger charge is 2.13. The van der Waals surface area contributed by atoms with Gasteiger partial charge in [0.15, 0.2) is 0 Å². The van der Waals surface area contributed by atoms with Gasteiger partial charge in [-0.3, -0.25) is 9.59 Å². The van der Waals surface area contributed by atoms with Gasteiger partial charge in [0, 0.05) is 13.6 Å². The van der Waals surface area contributed by atoms with Crippen molar-refractivity contribution in [2.24, 2.45) is 5.92 Å². The molecule has 6 heteroatoms. The standard InChI is InChI=1S/C14H18N4O2/c1-10(2)8-17(3)13(19)9-18-14(20)11-6-4-5-7-12(11)15-16-18/h4-7,10H,8-9H2,1-3H3. The Morgan fingerprint density at radius 3 is 2.75 bits per heavy atom. The van der Waals surface area contributed by atoms with Crippen molar-refractivity contribution >= 4 is 16.8 Å². The number of rotatable bonds is 4. The van der Waals surface area contributed by atoms with E-state index in [4.69, 9.17) is 0 Å². The van der Waals surface area contributed by atoms with E-state index >= 15 is 0 Å². The van der Waals surface area contributed by atoms with Crippen LogP contribution in [0, 0.1) is 5.92 Å². The number of likely N-dealkylation sites (N-methyl/N-ethyl adjacent to an activating group) is 1. The van der Waals surface area contributed by atoms with Gasteiger partial charge in [0.2, 0.25) is 5.91 Å². The van der Waals surface area contributed by atoms with Crippen LogP contribution in [0.15, 0.2) is 29.1 Å². The van der Waals surface area contributed by atoms with Crippen LogP contribution in [0.25, 0.3) is 10.9 Å². The smallest absolute Gasteiger partial charge is 0.278 e.